The van der Waals surface area contributed by atoms with Gasteiger partial charge in [0, 0.05) is 12.3 Å². The number of hydrogen-bond acceptors (Lipinski definition) is 6. The Morgan fingerprint density at radius 2 is 2.08 bits per heavy atom. The Labute approximate surface area is 148 Å². The van der Waals surface area contributed by atoms with Crippen LogP contribution in [0.2, 0.25) is 5.02 Å². The Balaban J connectivity index is 2.92. The van der Waals surface area contributed by atoms with Crippen LogP contribution in [0.5, 0.6) is 0 Å². The minimum Gasteiger partial charge on any atom is -0.464 e. The fourth-order valence-corrected chi connectivity index (χ4v) is 2.52. The molecule has 26 heavy (non-hydrogen) atoms. The fraction of sp³-hybridized carbons (Fsp3) is 0.143. The highest BCUT2D eigenvalue weighted by Crippen LogP contribution is 2.40. The van der Waals surface area contributed by atoms with Gasteiger partial charge in [0.25, 0.3) is 5.69 Å². The zero-order chi connectivity index (χ0) is 19.8. The average molecular weight is 389 g/mol. The molecule has 2 rings (SSSR count). The first-order valence-electron chi connectivity index (χ1n) is 6.57. The average Bonchev–Trinajstić information content (AvgIpc) is 2.88. The second-order valence-electron chi connectivity index (χ2n) is 4.86. The molecule has 0 fully saturated rings. The Kier molecular flexibility index (Phi) is 4.82. The molecule has 0 aliphatic rings. The van der Waals surface area contributed by atoms with Gasteiger partial charge < -0.3 is 15.0 Å². The van der Waals surface area contributed by atoms with E-state index in [2.05, 4.69) is 4.74 Å². The van der Waals surface area contributed by atoms with E-state index in [0.29, 0.717) is 6.07 Å². The van der Waals surface area contributed by atoms with Crippen molar-refractivity contribution in [1.29, 1.82) is 5.26 Å². The Bertz CT molecular complexity index is 963. The van der Waals surface area contributed by atoms with Gasteiger partial charge in [-0.15, -0.1) is 0 Å². The summed E-state index contributed by atoms with van der Waals surface area (Å²) in [6.07, 6.45) is -3.94. The number of ether oxygens (including phenoxy) is 1. The molecule has 0 aliphatic carbocycles. The number of aromatic nitrogens is 1. The van der Waals surface area contributed by atoms with E-state index in [1.807, 2.05) is 0 Å². The largest absolute Gasteiger partial charge is 0.464 e. The van der Waals surface area contributed by atoms with Crippen LogP contribution in [0.25, 0.3) is 5.69 Å². The van der Waals surface area contributed by atoms with E-state index < -0.39 is 44.7 Å². The zero-order valence-electron chi connectivity index (χ0n) is 12.8. The molecule has 1 aromatic carbocycles. The van der Waals surface area contributed by atoms with E-state index in [4.69, 9.17) is 22.6 Å². The van der Waals surface area contributed by atoms with E-state index >= 15 is 0 Å². The van der Waals surface area contributed by atoms with E-state index in [1.165, 1.54) is 0 Å². The van der Waals surface area contributed by atoms with Gasteiger partial charge in [0.2, 0.25) is 0 Å². The van der Waals surface area contributed by atoms with Gasteiger partial charge in [-0.2, -0.15) is 18.4 Å². The lowest BCUT2D eigenvalue weighted by atomic mass is 10.1. The molecule has 0 atom stereocenters. The summed E-state index contributed by atoms with van der Waals surface area (Å²) in [4.78, 5) is 22.1. The minimum absolute atomic E-state index is 0.240. The standard InChI is InChI=1S/C14H8ClF3N4O4/c1-26-13(23)12-10(20)6(4-19)5-21(12)11-8(15)2-7(14(16,17)18)3-9(11)22(24)25/h2-3,5H,20H2,1H3. The number of nitrogens with two attached hydrogens (primary N) is 1. The van der Waals surface area contributed by atoms with E-state index in [-0.39, 0.29) is 17.3 Å². The summed E-state index contributed by atoms with van der Waals surface area (Å²) in [5.74, 6) is -1.06. The third-order valence-electron chi connectivity index (χ3n) is 3.35. The summed E-state index contributed by atoms with van der Waals surface area (Å²) in [5, 5.41) is 19.7. The number of hydrogen-bond donors (Lipinski definition) is 1. The van der Waals surface area contributed by atoms with Crippen LogP contribution in [-0.4, -0.2) is 22.6 Å². The monoisotopic (exact) mass is 388 g/mol. The van der Waals surface area contributed by atoms with Crippen molar-refractivity contribution in [2.24, 2.45) is 0 Å². The molecule has 0 aliphatic heterocycles. The van der Waals surface area contributed by atoms with Crippen LogP contribution in [-0.2, 0) is 10.9 Å². The number of rotatable bonds is 3. The molecule has 1 heterocycles. The van der Waals surface area contributed by atoms with Gasteiger partial charge in [-0.05, 0) is 6.07 Å². The Hall–Kier alpha value is -3.26. The highest BCUT2D eigenvalue weighted by Gasteiger charge is 2.36. The number of alkyl halides is 3. The number of benzene rings is 1. The van der Waals surface area contributed by atoms with Crippen molar-refractivity contribution in [2.45, 2.75) is 6.18 Å². The van der Waals surface area contributed by atoms with Crippen LogP contribution in [0.1, 0.15) is 21.6 Å². The normalized spacial score (nSPS) is 11.1. The molecular formula is C14H8ClF3N4O4. The third kappa shape index (κ3) is 3.14. The summed E-state index contributed by atoms with van der Waals surface area (Å²) in [5.41, 5.74) is 1.65. The molecule has 2 aromatic rings. The third-order valence-corrected chi connectivity index (χ3v) is 3.64. The molecule has 8 nitrogen and oxygen atoms in total. The van der Waals surface area contributed by atoms with Gasteiger partial charge in [-0.3, -0.25) is 10.1 Å². The maximum atomic E-state index is 12.9. The zero-order valence-corrected chi connectivity index (χ0v) is 13.6. The van der Waals surface area contributed by atoms with Crippen molar-refractivity contribution in [3.05, 3.63) is 50.3 Å². The molecule has 0 unspecified atom stereocenters. The topological polar surface area (TPSA) is 124 Å². The Morgan fingerprint density at radius 1 is 1.46 bits per heavy atom. The maximum Gasteiger partial charge on any atom is 0.416 e. The van der Waals surface area contributed by atoms with Gasteiger partial charge in [0.15, 0.2) is 5.69 Å². The Morgan fingerprint density at radius 3 is 2.54 bits per heavy atom. The highest BCUT2D eigenvalue weighted by molar-refractivity contribution is 6.33. The number of nitro benzene ring substituents is 1. The van der Waals surface area contributed by atoms with Gasteiger partial charge in [-0.1, -0.05) is 11.6 Å². The summed E-state index contributed by atoms with van der Waals surface area (Å²) >= 11 is 5.84. The molecule has 0 spiro atoms. The van der Waals surface area contributed by atoms with Crippen molar-refractivity contribution in [1.82, 2.24) is 4.57 Å². The summed E-state index contributed by atoms with van der Waals surface area (Å²) in [6, 6.07) is 2.40. The predicted molar refractivity (Wildman–Crippen MR) is 82.9 cm³/mol. The number of nitriles is 1. The van der Waals surface area contributed by atoms with Crippen molar-refractivity contribution in [3.8, 4) is 11.8 Å². The molecule has 0 saturated heterocycles. The minimum atomic E-state index is -4.88. The van der Waals surface area contributed by atoms with Crippen LogP contribution < -0.4 is 5.73 Å². The van der Waals surface area contributed by atoms with Gasteiger partial charge in [0.1, 0.15) is 11.8 Å². The number of nitrogens with zero attached hydrogens (tertiary/aromatic N) is 3. The van der Waals surface area contributed by atoms with Crippen molar-refractivity contribution >= 4 is 28.9 Å². The number of carbonyl (C=O) groups is 1. The number of esters is 1. The second-order valence-corrected chi connectivity index (χ2v) is 5.27. The summed E-state index contributed by atoms with van der Waals surface area (Å²) in [6.45, 7) is 0. The number of methoxy groups -OCH3 is 1. The molecule has 0 amide bonds. The smallest absolute Gasteiger partial charge is 0.416 e. The SMILES string of the molecule is COC(=O)c1c(N)c(C#N)cn1-c1c(Cl)cc(C(F)(F)F)cc1[N+](=O)[O-]. The number of halogens is 4. The first-order valence-corrected chi connectivity index (χ1v) is 6.95. The van der Waals surface area contributed by atoms with Crippen LogP contribution in [0.4, 0.5) is 24.5 Å². The van der Waals surface area contributed by atoms with Gasteiger partial charge in [-0.25, -0.2) is 4.79 Å². The van der Waals surface area contributed by atoms with Gasteiger partial charge in [0.05, 0.1) is 33.9 Å². The van der Waals surface area contributed by atoms with E-state index in [9.17, 15) is 28.1 Å². The van der Waals surface area contributed by atoms with Gasteiger partial charge >= 0.3 is 12.1 Å². The predicted octanol–water partition coefficient (Wildman–Crippen LogP) is 3.30. The molecule has 2 N–H and O–H groups in total. The van der Waals surface area contributed by atoms with Crippen LogP contribution in [0, 0.1) is 21.4 Å². The molecule has 12 heteroatoms. The van der Waals surface area contributed by atoms with Crippen LogP contribution in [0.15, 0.2) is 18.3 Å². The number of anilines is 1. The maximum absolute atomic E-state index is 12.9. The molecule has 0 bridgehead atoms. The lowest BCUT2D eigenvalue weighted by molar-refractivity contribution is -0.384. The van der Waals surface area contributed by atoms with Crippen molar-refractivity contribution < 1.29 is 27.6 Å². The number of carbonyl (C=O) groups excluding carboxylic acids is 1. The summed E-state index contributed by atoms with van der Waals surface area (Å²) in [7, 11) is 0.994. The number of nitro groups is 1. The number of nitrogen functional groups attached to an aromatic ring is 1. The molecule has 136 valence electrons. The first kappa shape index (κ1) is 19.1. The van der Waals surface area contributed by atoms with Crippen molar-refractivity contribution in [3.63, 3.8) is 0 Å². The second kappa shape index (κ2) is 6.57. The quantitative estimate of drug-likeness (QED) is 0.488. The fourth-order valence-electron chi connectivity index (χ4n) is 2.22. The van der Waals surface area contributed by atoms with Crippen molar-refractivity contribution in [2.75, 3.05) is 12.8 Å². The van der Waals surface area contributed by atoms with Crippen LogP contribution in [0.3, 0.4) is 0 Å². The van der Waals surface area contributed by atoms with E-state index in [0.717, 1.165) is 17.9 Å². The molecule has 0 saturated carbocycles. The first-order chi connectivity index (χ1) is 12.0. The highest BCUT2D eigenvalue weighted by atomic mass is 35.5. The van der Waals surface area contributed by atoms with E-state index in [1.54, 1.807) is 6.07 Å². The van der Waals surface area contributed by atoms with Crippen LogP contribution >= 0.6 is 11.6 Å². The lowest BCUT2D eigenvalue weighted by Crippen LogP contribution is -2.14. The molecule has 1 aromatic heterocycles. The summed E-state index contributed by atoms with van der Waals surface area (Å²) < 4.78 is 44.0. The lowest BCUT2D eigenvalue weighted by Gasteiger charge is -2.13. The molecular weight excluding hydrogens is 381 g/mol. The molecule has 0 radical (unpaired) electrons.